The zero-order valence-electron chi connectivity index (χ0n) is 35.7. The van der Waals surface area contributed by atoms with Crippen molar-refractivity contribution in [1.29, 1.82) is 0 Å². The molecule has 0 aromatic heterocycles. The van der Waals surface area contributed by atoms with Crippen molar-refractivity contribution in [1.82, 2.24) is 14.7 Å². The normalized spacial score (nSPS) is 31.7. The number of epoxide rings is 1. The van der Waals surface area contributed by atoms with Crippen LogP contribution in [0.4, 0.5) is 4.79 Å². The minimum absolute atomic E-state index is 0.0195. The van der Waals surface area contributed by atoms with E-state index in [1.807, 2.05) is 40.7 Å². The highest BCUT2D eigenvalue weighted by Crippen LogP contribution is 2.38. The molecule has 4 aliphatic rings. The van der Waals surface area contributed by atoms with Crippen LogP contribution in [0, 0.1) is 11.8 Å². The van der Waals surface area contributed by atoms with Gasteiger partial charge in [0.2, 0.25) is 0 Å². The fourth-order valence-corrected chi connectivity index (χ4v) is 7.96. The number of unbranched alkanes of at least 4 members (excludes halogenated alkanes) is 3. The molecular formula is C44H69N3O11. The number of nitrogens with zero attached hydrogens (tertiary/aromatic N) is 3. The number of methoxy groups -OCH3 is 1. The minimum Gasteiger partial charge on any atom is -0.457 e. The maximum Gasteiger partial charge on any atom is 0.410 e. The van der Waals surface area contributed by atoms with Crippen molar-refractivity contribution in [2.24, 2.45) is 11.8 Å². The highest BCUT2D eigenvalue weighted by atomic mass is 16.6. The number of piperazine rings is 1. The lowest BCUT2D eigenvalue weighted by atomic mass is 9.88. The summed E-state index contributed by atoms with van der Waals surface area (Å²) >= 11 is 0. The molecule has 4 heterocycles. The Hall–Kier alpha value is -3.40. The highest BCUT2D eigenvalue weighted by molar-refractivity contribution is 6.12. The third kappa shape index (κ3) is 13.8. The van der Waals surface area contributed by atoms with Gasteiger partial charge in [-0.05, 0) is 71.1 Å². The lowest BCUT2D eigenvalue weighted by molar-refractivity contribution is -0.151. The summed E-state index contributed by atoms with van der Waals surface area (Å²) in [6.45, 7) is 15.0. The van der Waals surface area contributed by atoms with Crippen molar-refractivity contribution in [3.05, 3.63) is 48.1 Å². The molecular weight excluding hydrogens is 746 g/mol. The molecule has 4 rings (SSSR count). The van der Waals surface area contributed by atoms with Gasteiger partial charge in [-0.2, -0.15) is 0 Å². The van der Waals surface area contributed by atoms with Crippen LogP contribution in [0.15, 0.2) is 48.1 Å². The number of esters is 1. The molecule has 14 nitrogen and oxygen atoms in total. The van der Waals surface area contributed by atoms with Crippen molar-refractivity contribution < 1.29 is 53.4 Å². The molecule has 0 bridgehead atoms. The number of aliphatic hydroxyl groups excluding tert-OH is 2. The van der Waals surface area contributed by atoms with E-state index in [2.05, 4.69) is 4.90 Å². The summed E-state index contributed by atoms with van der Waals surface area (Å²) in [6.07, 6.45) is 12.9. The first-order valence-corrected chi connectivity index (χ1v) is 21.2. The monoisotopic (exact) mass is 815 g/mol. The number of rotatable bonds is 17. The lowest BCUT2D eigenvalue weighted by Gasteiger charge is -2.38. The van der Waals surface area contributed by atoms with Gasteiger partial charge in [0.05, 0.1) is 36.4 Å². The molecule has 0 aromatic rings. The molecule has 58 heavy (non-hydrogen) atoms. The maximum absolute atomic E-state index is 13.6. The second-order valence-corrected chi connectivity index (χ2v) is 17.1. The number of amides is 3. The van der Waals surface area contributed by atoms with Gasteiger partial charge in [-0.25, -0.2) is 4.79 Å². The topological polar surface area (TPSA) is 179 Å². The third-order valence-corrected chi connectivity index (χ3v) is 12.2. The largest absolute Gasteiger partial charge is 0.457 e. The van der Waals surface area contributed by atoms with Crippen LogP contribution in [-0.2, 0) is 33.3 Å². The first kappa shape index (κ1) is 47.3. The van der Waals surface area contributed by atoms with E-state index in [9.17, 15) is 34.5 Å². The number of carbonyl (C=O) groups is 4. The van der Waals surface area contributed by atoms with Crippen LogP contribution in [0.5, 0.6) is 0 Å². The van der Waals surface area contributed by atoms with E-state index in [-0.39, 0.29) is 48.7 Å². The molecule has 0 spiro atoms. The Morgan fingerprint density at radius 1 is 1.07 bits per heavy atom. The standard InChI is InChI=1S/C44H69N3O11/c1-8-34(49)32(4)41-35(56-41)29-43(5,54)20-13-14-30(2)40-31(3)15-16-36(44(6,55-7)21-19-33(48)28-39(52)58-40)57-42(53)46-26-24-45(25-27-46)22-11-9-10-12-23-47-37(50)17-18-38(47)51/h13-18,20,31-36,40-41,48-49,54H,8-12,19,21-29H2,1-7H3/b16-15+,20-13+,30-14+/t31-,32+,33+,34-,35-,36?,40+,41-,43-,44+/m0/s1. The number of allylic oxidation sites excluding steroid dienone is 2. The predicted molar refractivity (Wildman–Crippen MR) is 218 cm³/mol. The molecule has 2 fully saturated rings. The Morgan fingerprint density at radius 2 is 1.72 bits per heavy atom. The molecule has 326 valence electrons. The minimum atomic E-state index is -1.17. The second-order valence-electron chi connectivity index (χ2n) is 17.1. The van der Waals surface area contributed by atoms with Crippen molar-refractivity contribution in [2.45, 2.75) is 147 Å². The second kappa shape index (κ2) is 21.7. The lowest BCUT2D eigenvalue weighted by Crippen LogP contribution is -2.51. The van der Waals surface area contributed by atoms with Crippen LogP contribution in [-0.4, -0.2) is 148 Å². The summed E-state index contributed by atoms with van der Waals surface area (Å²) in [5, 5.41) is 32.1. The molecule has 3 amide bonds. The average molecular weight is 816 g/mol. The van der Waals surface area contributed by atoms with Crippen LogP contribution in [0.3, 0.4) is 0 Å². The molecule has 4 aliphatic heterocycles. The molecule has 0 aliphatic carbocycles. The van der Waals surface area contributed by atoms with Gasteiger partial charge in [-0.15, -0.1) is 0 Å². The number of cyclic esters (lactones) is 1. The Morgan fingerprint density at radius 3 is 2.36 bits per heavy atom. The van der Waals surface area contributed by atoms with E-state index in [1.54, 1.807) is 43.2 Å². The van der Waals surface area contributed by atoms with Gasteiger partial charge in [-0.3, -0.25) is 24.2 Å². The van der Waals surface area contributed by atoms with Crippen LogP contribution >= 0.6 is 0 Å². The van der Waals surface area contributed by atoms with Crippen LogP contribution < -0.4 is 0 Å². The third-order valence-electron chi connectivity index (χ3n) is 12.2. The number of aliphatic hydroxyl groups is 3. The predicted octanol–water partition coefficient (Wildman–Crippen LogP) is 4.47. The zero-order chi connectivity index (χ0) is 42.6. The van der Waals surface area contributed by atoms with Crippen molar-refractivity contribution in [3.63, 3.8) is 0 Å². The van der Waals surface area contributed by atoms with Gasteiger partial charge in [-0.1, -0.05) is 57.9 Å². The van der Waals surface area contributed by atoms with Gasteiger partial charge < -0.3 is 39.2 Å². The molecule has 1 unspecified atom stereocenters. The van der Waals surface area contributed by atoms with Crippen molar-refractivity contribution in [3.8, 4) is 0 Å². The molecule has 2 saturated heterocycles. The van der Waals surface area contributed by atoms with Gasteiger partial charge in [0.25, 0.3) is 11.8 Å². The quantitative estimate of drug-likeness (QED) is 0.0470. The molecule has 0 saturated carbocycles. The molecule has 0 radical (unpaired) electrons. The Kier molecular flexibility index (Phi) is 17.7. The summed E-state index contributed by atoms with van der Waals surface area (Å²) in [5.74, 6) is -1.39. The first-order chi connectivity index (χ1) is 27.5. The van der Waals surface area contributed by atoms with E-state index in [1.165, 1.54) is 17.1 Å². The van der Waals surface area contributed by atoms with E-state index in [0.29, 0.717) is 52.0 Å². The fourth-order valence-electron chi connectivity index (χ4n) is 7.96. The number of hydrogen-bond acceptors (Lipinski definition) is 12. The van der Waals surface area contributed by atoms with Crippen LogP contribution in [0.25, 0.3) is 0 Å². The van der Waals surface area contributed by atoms with Gasteiger partial charge in [0.15, 0.2) is 6.10 Å². The van der Waals surface area contributed by atoms with Crippen LogP contribution in [0.2, 0.25) is 0 Å². The van der Waals surface area contributed by atoms with E-state index in [0.717, 1.165) is 37.8 Å². The molecule has 3 N–H and O–H groups in total. The van der Waals surface area contributed by atoms with Gasteiger partial charge >= 0.3 is 12.1 Å². The average Bonchev–Trinajstić information content (AvgIpc) is 3.87. The number of hydrogen-bond donors (Lipinski definition) is 3. The smallest absolute Gasteiger partial charge is 0.410 e. The van der Waals surface area contributed by atoms with Crippen molar-refractivity contribution >= 4 is 23.9 Å². The van der Waals surface area contributed by atoms with Gasteiger partial charge in [0.1, 0.15) is 11.7 Å². The Balaban J connectivity index is 1.34. The Bertz CT molecular complexity index is 1500. The number of imide groups is 1. The van der Waals surface area contributed by atoms with Crippen LogP contribution in [0.1, 0.15) is 99.3 Å². The van der Waals surface area contributed by atoms with Crippen molar-refractivity contribution in [2.75, 3.05) is 46.4 Å². The molecule has 0 aromatic carbocycles. The SMILES string of the molecule is CC[C@H](O)[C@@H](C)[C@@H]1O[C@H]1C[C@@](C)(O)/C=C/C=C(\C)[C@H]1OC(=O)C[C@H](O)CC[C@@](C)(OC)C(OC(=O)N2CCN(CCCCCCN3C(=O)C=CC3=O)CC2)/C=C/[C@@H]1C. The summed E-state index contributed by atoms with van der Waals surface area (Å²) in [4.78, 5) is 55.4. The summed E-state index contributed by atoms with van der Waals surface area (Å²) in [7, 11) is 1.55. The number of ether oxygens (including phenoxy) is 4. The summed E-state index contributed by atoms with van der Waals surface area (Å²) < 4.78 is 23.9. The summed E-state index contributed by atoms with van der Waals surface area (Å²) in [5.41, 5.74) is -1.44. The highest BCUT2D eigenvalue weighted by Gasteiger charge is 2.47. The molecule has 14 heteroatoms. The molecule has 10 atom stereocenters. The summed E-state index contributed by atoms with van der Waals surface area (Å²) in [6, 6.07) is 0. The first-order valence-electron chi connectivity index (χ1n) is 21.2. The zero-order valence-corrected chi connectivity index (χ0v) is 35.7. The van der Waals surface area contributed by atoms with E-state index >= 15 is 0 Å². The maximum atomic E-state index is 13.6. The Labute approximate surface area is 344 Å². The van der Waals surface area contributed by atoms with E-state index < -0.39 is 47.7 Å². The van der Waals surface area contributed by atoms with Gasteiger partial charge in [0, 0.05) is 70.2 Å². The van der Waals surface area contributed by atoms with E-state index in [4.69, 9.17) is 18.9 Å². The fraction of sp³-hybridized carbons (Fsp3) is 0.727. The number of carbonyl (C=O) groups excluding carboxylic acids is 4.